The van der Waals surface area contributed by atoms with E-state index < -0.39 is 0 Å². The Hall–Kier alpha value is -1.63. The van der Waals surface area contributed by atoms with Crippen LogP contribution in [0, 0.1) is 0 Å². The lowest BCUT2D eigenvalue weighted by Crippen LogP contribution is -2.02. The van der Waals surface area contributed by atoms with Crippen molar-refractivity contribution in [2.75, 3.05) is 5.73 Å². The number of nitrogens with two attached hydrogens (primary N) is 1. The van der Waals surface area contributed by atoms with Crippen molar-refractivity contribution in [1.82, 2.24) is 20.2 Å². The van der Waals surface area contributed by atoms with E-state index >= 15 is 0 Å². The standard InChI is InChI=1S/C13H8BrCl2N5/c14-11-7(3-1-6-10(11)17)13-18-19-20-21(13)12-8(15)4-2-5-9(12)16/h1-6H,17H2. The van der Waals surface area contributed by atoms with E-state index in [0.717, 1.165) is 5.56 Å². The summed E-state index contributed by atoms with van der Waals surface area (Å²) < 4.78 is 2.20. The molecule has 0 saturated carbocycles. The Balaban J connectivity index is 2.25. The molecule has 2 aromatic carbocycles. The number of hydrogen-bond donors (Lipinski definition) is 1. The number of tetrazole rings is 1. The second-order valence-corrected chi connectivity index (χ2v) is 5.80. The first-order valence-corrected chi connectivity index (χ1v) is 7.41. The van der Waals surface area contributed by atoms with Crippen molar-refractivity contribution in [2.45, 2.75) is 0 Å². The fourth-order valence-corrected chi connectivity index (χ4v) is 2.92. The molecule has 0 amide bonds. The van der Waals surface area contributed by atoms with Crippen LogP contribution in [0.5, 0.6) is 0 Å². The van der Waals surface area contributed by atoms with Crippen molar-refractivity contribution < 1.29 is 0 Å². The molecule has 3 aromatic rings. The predicted molar refractivity (Wildman–Crippen MR) is 86.7 cm³/mol. The van der Waals surface area contributed by atoms with Crippen LogP contribution in [0.1, 0.15) is 0 Å². The Morgan fingerprint density at radius 1 is 1.05 bits per heavy atom. The maximum atomic E-state index is 6.21. The minimum absolute atomic E-state index is 0.455. The fraction of sp³-hybridized carbons (Fsp3) is 0. The summed E-state index contributed by atoms with van der Waals surface area (Å²) in [6, 6.07) is 10.7. The summed E-state index contributed by atoms with van der Waals surface area (Å²) in [4.78, 5) is 0. The Morgan fingerprint density at radius 3 is 2.43 bits per heavy atom. The Bertz CT molecular complexity index is 798. The van der Waals surface area contributed by atoms with Gasteiger partial charge in [0.15, 0.2) is 5.82 Å². The number of nitrogen functional groups attached to an aromatic ring is 1. The molecule has 0 unspecified atom stereocenters. The second-order valence-electron chi connectivity index (χ2n) is 4.19. The highest BCUT2D eigenvalue weighted by Gasteiger charge is 2.18. The van der Waals surface area contributed by atoms with Crippen molar-refractivity contribution in [3.8, 4) is 17.1 Å². The highest BCUT2D eigenvalue weighted by atomic mass is 79.9. The van der Waals surface area contributed by atoms with Gasteiger partial charge in [0.2, 0.25) is 0 Å². The van der Waals surface area contributed by atoms with Gasteiger partial charge < -0.3 is 5.73 Å². The van der Waals surface area contributed by atoms with Gasteiger partial charge in [0, 0.05) is 11.3 Å². The van der Waals surface area contributed by atoms with Crippen molar-refractivity contribution in [1.29, 1.82) is 0 Å². The van der Waals surface area contributed by atoms with Gasteiger partial charge in [-0.1, -0.05) is 35.3 Å². The van der Waals surface area contributed by atoms with Gasteiger partial charge in [-0.3, -0.25) is 0 Å². The van der Waals surface area contributed by atoms with E-state index in [1.54, 1.807) is 24.3 Å². The van der Waals surface area contributed by atoms with Crippen LogP contribution < -0.4 is 5.73 Å². The molecule has 1 heterocycles. The van der Waals surface area contributed by atoms with E-state index in [1.165, 1.54) is 4.68 Å². The number of para-hydroxylation sites is 1. The summed E-state index contributed by atoms with van der Waals surface area (Å²) in [7, 11) is 0. The normalized spacial score (nSPS) is 10.8. The molecule has 0 bridgehead atoms. The second kappa shape index (κ2) is 5.63. The molecule has 106 valence electrons. The first-order chi connectivity index (χ1) is 10.1. The topological polar surface area (TPSA) is 69.6 Å². The van der Waals surface area contributed by atoms with Gasteiger partial charge in [-0.2, -0.15) is 4.68 Å². The summed E-state index contributed by atoms with van der Waals surface area (Å²) in [5.74, 6) is 0.490. The van der Waals surface area contributed by atoms with E-state index in [2.05, 4.69) is 31.5 Å². The molecule has 5 nitrogen and oxygen atoms in total. The van der Waals surface area contributed by atoms with Gasteiger partial charge >= 0.3 is 0 Å². The van der Waals surface area contributed by atoms with E-state index in [9.17, 15) is 0 Å². The molecule has 3 rings (SSSR count). The van der Waals surface area contributed by atoms with Gasteiger partial charge in [0.25, 0.3) is 0 Å². The maximum absolute atomic E-state index is 6.21. The third kappa shape index (κ3) is 2.50. The zero-order chi connectivity index (χ0) is 15.0. The molecule has 0 spiro atoms. The van der Waals surface area contributed by atoms with Crippen LogP contribution >= 0.6 is 39.1 Å². The summed E-state index contributed by atoms with van der Waals surface area (Å²) in [5.41, 5.74) is 7.76. The van der Waals surface area contributed by atoms with Crippen LogP contribution in [0.25, 0.3) is 17.1 Å². The molecule has 0 atom stereocenters. The lowest BCUT2D eigenvalue weighted by Gasteiger charge is -2.10. The average molecular weight is 385 g/mol. The number of rotatable bonds is 2. The first kappa shape index (κ1) is 14.3. The fourth-order valence-electron chi connectivity index (χ4n) is 1.92. The number of aromatic nitrogens is 4. The molecular weight excluding hydrogens is 377 g/mol. The molecule has 0 aliphatic heterocycles. The van der Waals surface area contributed by atoms with Crippen molar-refractivity contribution >= 4 is 44.8 Å². The zero-order valence-electron chi connectivity index (χ0n) is 10.5. The summed E-state index contributed by atoms with van der Waals surface area (Å²) in [5, 5.41) is 12.6. The molecule has 1 aromatic heterocycles. The van der Waals surface area contributed by atoms with E-state index in [4.69, 9.17) is 28.9 Å². The van der Waals surface area contributed by atoms with Crippen molar-refractivity contribution in [3.05, 3.63) is 50.9 Å². The van der Waals surface area contributed by atoms with Crippen LogP contribution in [0.2, 0.25) is 10.0 Å². The number of nitrogens with zero attached hydrogens (tertiary/aromatic N) is 4. The monoisotopic (exact) mass is 383 g/mol. The largest absolute Gasteiger partial charge is 0.398 e. The van der Waals surface area contributed by atoms with Crippen molar-refractivity contribution in [3.63, 3.8) is 0 Å². The van der Waals surface area contributed by atoms with Gasteiger partial charge in [0.05, 0.1) is 14.5 Å². The van der Waals surface area contributed by atoms with Gasteiger partial charge in [-0.15, -0.1) is 5.10 Å². The smallest absolute Gasteiger partial charge is 0.188 e. The molecule has 21 heavy (non-hydrogen) atoms. The summed E-state index contributed by atoms with van der Waals surface area (Å²) in [6.07, 6.45) is 0. The lowest BCUT2D eigenvalue weighted by molar-refractivity contribution is 0.791. The predicted octanol–water partition coefficient (Wildman–Crippen LogP) is 3.98. The number of halogens is 3. The van der Waals surface area contributed by atoms with Gasteiger partial charge in [-0.25, -0.2) is 0 Å². The minimum Gasteiger partial charge on any atom is -0.398 e. The van der Waals surface area contributed by atoms with E-state index in [1.807, 2.05) is 12.1 Å². The van der Waals surface area contributed by atoms with Crippen LogP contribution in [0.4, 0.5) is 5.69 Å². The third-order valence-electron chi connectivity index (χ3n) is 2.89. The SMILES string of the molecule is Nc1cccc(-c2nnnn2-c2c(Cl)cccc2Cl)c1Br. The molecule has 0 saturated heterocycles. The molecular formula is C13H8BrCl2N5. The number of hydrogen-bond acceptors (Lipinski definition) is 4. The average Bonchev–Trinajstić information content (AvgIpc) is 2.91. The number of anilines is 1. The molecule has 8 heteroatoms. The van der Waals surface area contributed by atoms with Crippen LogP contribution in [-0.4, -0.2) is 20.2 Å². The van der Waals surface area contributed by atoms with Crippen LogP contribution in [0.3, 0.4) is 0 Å². The third-order valence-corrected chi connectivity index (χ3v) is 4.38. The number of benzene rings is 2. The van der Waals surface area contributed by atoms with Crippen molar-refractivity contribution in [2.24, 2.45) is 0 Å². The highest BCUT2D eigenvalue weighted by Crippen LogP contribution is 2.35. The zero-order valence-corrected chi connectivity index (χ0v) is 13.6. The van der Waals surface area contributed by atoms with Gasteiger partial charge in [0.1, 0.15) is 5.69 Å². The van der Waals surface area contributed by atoms with Gasteiger partial charge in [-0.05, 0) is 50.6 Å². The molecule has 0 aliphatic carbocycles. The quantitative estimate of drug-likeness (QED) is 0.678. The highest BCUT2D eigenvalue weighted by molar-refractivity contribution is 9.10. The van der Waals surface area contributed by atoms with Crippen LogP contribution in [-0.2, 0) is 0 Å². The van der Waals surface area contributed by atoms with E-state index in [-0.39, 0.29) is 0 Å². The molecule has 0 fully saturated rings. The molecule has 2 N–H and O–H groups in total. The summed E-state index contributed by atoms with van der Waals surface area (Å²) >= 11 is 15.9. The van der Waals surface area contributed by atoms with E-state index in [0.29, 0.717) is 31.7 Å². The lowest BCUT2D eigenvalue weighted by atomic mass is 10.2. The Kier molecular flexibility index (Phi) is 3.84. The van der Waals surface area contributed by atoms with Crippen LogP contribution in [0.15, 0.2) is 40.9 Å². The maximum Gasteiger partial charge on any atom is 0.188 e. The first-order valence-electron chi connectivity index (χ1n) is 5.86. The minimum atomic E-state index is 0.455. The molecule has 0 radical (unpaired) electrons. The Morgan fingerprint density at radius 2 is 1.71 bits per heavy atom. The molecule has 0 aliphatic rings. The summed E-state index contributed by atoms with van der Waals surface area (Å²) in [6.45, 7) is 0. The Labute approximate surface area is 138 Å².